The Kier molecular flexibility index (Phi) is 4.97. The van der Waals surface area contributed by atoms with Crippen molar-refractivity contribution >= 4 is 5.96 Å². The maximum Gasteiger partial charge on any atom is 0.191 e. The molecular formula is C21H27N5O. The summed E-state index contributed by atoms with van der Waals surface area (Å²) in [6, 6.07) is 10.5. The van der Waals surface area contributed by atoms with Crippen molar-refractivity contribution in [2.45, 2.75) is 57.2 Å². The van der Waals surface area contributed by atoms with E-state index in [-0.39, 0.29) is 11.6 Å². The standard InChI is InChI=1S/C21H27N5O/c1-15-23-12-9-16(25-15)14-24-20(22-2)26-18-13-21(10-5-6-11-21)27-19-8-4-3-7-17(18)19/h3-4,7-9,12,18H,5-6,10-11,13-14H2,1-2H3,(H2,22,24,26). The van der Waals surface area contributed by atoms with E-state index in [2.05, 4.69) is 43.8 Å². The van der Waals surface area contributed by atoms with Gasteiger partial charge in [0.25, 0.3) is 0 Å². The first-order valence-corrected chi connectivity index (χ1v) is 9.71. The molecule has 1 aliphatic heterocycles. The highest BCUT2D eigenvalue weighted by Gasteiger charge is 2.43. The van der Waals surface area contributed by atoms with Crippen molar-refractivity contribution in [2.75, 3.05) is 7.05 Å². The lowest BCUT2D eigenvalue weighted by atomic mass is 9.86. The molecule has 1 saturated carbocycles. The molecule has 0 radical (unpaired) electrons. The summed E-state index contributed by atoms with van der Waals surface area (Å²) in [6.45, 7) is 2.51. The molecule has 1 spiro atoms. The van der Waals surface area contributed by atoms with Crippen LogP contribution in [0.5, 0.6) is 5.75 Å². The van der Waals surface area contributed by atoms with Gasteiger partial charge in [-0.15, -0.1) is 0 Å². The van der Waals surface area contributed by atoms with E-state index in [9.17, 15) is 0 Å². The van der Waals surface area contributed by atoms with E-state index in [0.29, 0.717) is 6.54 Å². The number of ether oxygens (including phenoxy) is 1. The van der Waals surface area contributed by atoms with Gasteiger partial charge in [-0.1, -0.05) is 18.2 Å². The zero-order valence-electron chi connectivity index (χ0n) is 16.0. The van der Waals surface area contributed by atoms with Gasteiger partial charge in [-0.05, 0) is 44.7 Å². The van der Waals surface area contributed by atoms with Gasteiger partial charge >= 0.3 is 0 Å². The number of benzene rings is 1. The summed E-state index contributed by atoms with van der Waals surface area (Å²) in [5.41, 5.74) is 2.12. The Bertz CT molecular complexity index is 829. The van der Waals surface area contributed by atoms with Gasteiger partial charge < -0.3 is 15.4 Å². The van der Waals surface area contributed by atoms with Crippen molar-refractivity contribution in [1.82, 2.24) is 20.6 Å². The van der Waals surface area contributed by atoms with Gasteiger partial charge in [-0.2, -0.15) is 0 Å². The summed E-state index contributed by atoms with van der Waals surface area (Å²) in [7, 11) is 1.80. The number of nitrogens with zero attached hydrogens (tertiary/aromatic N) is 3. The molecule has 2 heterocycles. The van der Waals surface area contributed by atoms with Gasteiger partial charge in [0.1, 0.15) is 17.2 Å². The number of aliphatic imine (C=N–C) groups is 1. The predicted molar refractivity (Wildman–Crippen MR) is 106 cm³/mol. The lowest BCUT2D eigenvalue weighted by Gasteiger charge is -2.40. The van der Waals surface area contributed by atoms with Crippen LogP contribution in [-0.4, -0.2) is 28.6 Å². The normalized spacial score (nSPS) is 20.8. The van der Waals surface area contributed by atoms with Gasteiger partial charge in [0, 0.05) is 25.2 Å². The first kappa shape index (κ1) is 17.8. The van der Waals surface area contributed by atoms with Crippen molar-refractivity contribution < 1.29 is 4.74 Å². The molecule has 142 valence electrons. The molecule has 6 heteroatoms. The quantitative estimate of drug-likeness (QED) is 0.645. The number of nitrogens with one attached hydrogen (secondary N) is 2. The van der Waals surface area contributed by atoms with Crippen molar-refractivity contribution in [3.8, 4) is 5.75 Å². The Morgan fingerprint density at radius 2 is 2.07 bits per heavy atom. The van der Waals surface area contributed by atoms with Crippen LogP contribution in [0.25, 0.3) is 0 Å². The molecule has 1 unspecified atom stereocenters. The van der Waals surface area contributed by atoms with Crippen LogP contribution in [0.4, 0.5) is 0 Å². The van der Waals surface area contributed by atoms with E-state index >= 15 is 0 Å². The second-order valence-electron chi connectivity index (χ2n) is 7.45. The largest absolute Gasteiger partial charge is 0.487 e. The highest BCUT2D eigenvalue weighted by molar-refractivity contribution is 5.80. The fourth-order valence-corrected chi connectivity index (χ4v) is 4.21. The van der Waals surface area contributed by atoms with Crippen LogP contribution in [0, 0.1) is 6.92 Å². The smallest absolute Gasteiger partial charge is 0.191 e. The van der Waals surface area contributed by atoms with Crippen molar-refractivity contribution in [1.29, 1.82) is 0 Å². The number of guanidine groups is 1. The Morgan fingerprint density at radius 3 is 2.85 bits per heavy atom. The third kappa shape index (κ3) is 3.89. The van der Waals surface area contributed by atoms with E-state index in [0.717, 1.165) is 42.5 Å². The SMILES string of the molecule is CN=C(NCc1ccnc(C)n1)NC1CC2(CCCC2)Oc2ccccc21. The van der Waals surface area contributed by atoms with Crippen LogP contribution in [0.3, 0.4) is 0 Å². The Balaban J connectivity index is 1.49. The minimum Gasteiger partial charge on any atom is -0.487 e. The fourth-order valence-electron chi connectivity index (χ4n) is 4.21. The molecule has 4 rings (SSSR count). The molecule has 1 aromatic carbocycles. The van der Waals surface area contributed by atoms with Crippen LogP contribution < -0.4 is 15.4 Å². The van der Waals surface area contributed by atoms with Crippen molar-refractivity contribution in [3.05, 3.63) is 53.6 Å². The summed E-state index contributed by atoms with van der Waals surface area (Å²) >= 11 is 0. The van der Waals surface area contributed by atoms with Crippen LogP contribution >= 0.6 is 0 Å². The fraction of sp³-hybridized carbons (Fsp3) is 0.476. The number of para-hydroxylation sites is 1. The molecule has 27 heavy (non-hydrogen) atoms. The molecular weight excluding hydrogens is 338 g/mol. The summed E-state index contributed by atoms with van der Waals surface area (Å²) in [5, 5.41) is 6.99. The Labute approximate surface area is 160 Å². The van der Waals surface area contributed by atoms with Gasteiger partial charge in [-0.3, -0.25) is 4.99 Å². The minimum atomic E-state index is -0.0331. The summed E-state index contributed by atoms with van der Waals surface area (Å²) in [5.74, 6) is 2.56. The molecule has 0 amide bonds. The zero-order valence-corrected chi connectivity index (χ0v) is 16.0. The van der Waals surface area contributed by atoms with Crippen LogP contribution in [0.1, 0.15) is 55.2 Å². The highest BCUT2D eigenvalue weighted by atomic mass is 16.5. The summed E-state index contributed by atoms with van der Waals surface area (Å²) in [4.78, 5) is 13.0. The first-order valence-electron chi connectivity index (χ1n) is 9.71. The lowest BCUT2D eigenvalue weighted by Crippen LogP contribution is -2.46. The van der Waals surface area contributed by atoms with Crippen LogP contribution in [0.2, 0.25) is 0 Å². The lowest BCUT2D eigenvalue weighted by molar-refractivity contribution is 0.0396. The second-order valence-corrected chi connectivity index (χ2v) is 7.45. The summed E-state index contributed by atoms with van der Waals surface area (Å²) in [6.07, 6.45) is 7.51. The third-order valence-corrected chi connectivity index (χ3v) is 5.52. The number of fused-ring (bicyclic) bond motifs is 1. The van der Waals surface area contributed by atoms with E-state index in [4.69, 9.17) is 4.74 Å². The van der Waals surface area contributed by atoms with Gasteiger partial charge in [0.05, 0.1) is 18.3 Å². The first-order chi connectivity index (χ1) is 13.2. The van der Waals surface area contributed by atoms with E-state index in [1.807, 2.05) is 19.1 Å². The second kappa shape index (κ2) is 7.55. The number of hydrogen-bond donors (Lipinski definition) is 2. The number of rotatable bonds is 3. The van der Waals surface area contributed by atoms with Gasteiger partial charge in [-0.25, -0.2) is 9.97 Å². The molecule has 2 aromatic rings. The zero-order chi connectivity index (χ0) is 18.7. The molecule has 6 nitrogen and oxygen atoms in total. The Morgan fingerprint density at radius 1 is 1.26 bits per heavy atom. The summed E-state index contributed by atoms with van der Waals surface area (Å²) < 4.78 is 6.45. The molecule has 2 aliphatic rings. The average Bonchev–Trinajstić information content (AvgIpc) is 3.12. The topological polar surface area (TPSA) is 71.4 Å². The number of aromatic nitrogens is 2. The predicted octanol–water partition coefficient (Wildman–Crippen LogP) is 3.29. The molecule has 1 atom stereocenters. The van der Waals surface area contributed by atoms with Crippen LogP contribution in [-0.2, 0) is 6.54 Å². The van der Waals surface area contributed by atoms with E-state index in [1.165, 1.54) is 18.4 Å². The van der Waals surface area contributed by atoms with Gasteiger partial charge in [0.2, 0.25) is 0 Å². The van der Waals surface area contributed by atoms with E-state index < -0.39 is 0 Å². The number of aryl methyl sites for hydroxylation is 1. The molecule has 1 aromatic heterocycles. The average molecular weight is 365 g/mol. The molecule has 2 N–H and O–H groups in total. The van der Waals surface area contributed by atoms with Gasteiger partial charge in [0.15, 0.2) is 5.96 Å². The molecule has 0 bridgehead atoms. The van der Waals surface area contributed by atoms with Crippen LogP contribution in [0.15, 0.2) is 41.5 Å². The maximum atomic E-state index is 6.45. The molecule has 0 saturated heterocycles. The maximum absolute atomic E-state index is 6.45. The third-order valence-electron chi connectivity index (χ3n) is 5.52. The molecule has 1 fully saturated rings. The molecule has 1 aliphatic carbocycles. The Hall–Kier alpha value is -2.63. The van der Waals surface area contributed by atoms with Crippen molar-refractivity contribution in [3.63, 3.8) is 0 Å². The van der Waals surface area contributed by atoms with E-state index in [1.54, 1.807) is 13.2 Å². The van der Waals surface area contributed by atoms with Crippen molar-refractivity contribution in [2.24, 2.45) is 4.99 Å². The monoisotopic (exact) mass is 365 g/mol. The minimum absolute atomic E-state index is 0.0331. The highest BCUT2D eigenvalue weighted by Crippen LogP contribution is 2.46. The number of hydrogen-bond acceptors (Lipinski definition) is 4.